The fourth-order valence-corrected chi connectivity index (χ4v) is 13.7. The molecule has 0 fully saturated rings. The van der Waals surface area contributed by atoms with Crippen molar-refractivity contribution in [3.63, 3.8) is 0 Å². The number of hydrogen-bond donors (Lipinski definition) is 1. The van der Waals surface area contributed by atoms with Crippen molar-refractivity contribution in [2.75, 3.05) is 12.8 Å². The summed E-state index contributed by atoms with van der Waals surface area (Å²) in [6.45, 7) is 0. The molecule has 20 aromatic rings. The van der Waals surface area contributed by atoms with Gasteiger partial charge in [0.15, 0.2) is 22.6 Å². The van der Waals surface area contributed by atoms with Crippen LogP contribution in [0.4, 0.5) is 27.8 Å². The van der Waals surface area contributed by atoms with Crippen LogP contribution in [0.15, 0.2) is 305 Å². The minimum atomic E-state index is -0.570. The fraction of sp³-hybridized carbons (Fsp3) is 0.0111. The molecular formula is C90H55F5N16O. The third-order valence-electron chi connectivity index (χ3n) is 18.9. The molecule has 0 aliphatic rings. The van der Waals surface area contributed by atoms with Gasteiger partial charge >= 0.3 is 0 Å². The molecule has 0 spiro atoms. The Bertz CT molecular complexity index is 6830. The summed E-state index contributed by atoms with van der Waals surface area (Å²) >= 11 is 0. The average Bonchev–Trinajstić information content (AvgIpc) is 0.765. The lowest BCUT2D eigenvalue weighted by Gasteiger charge is -2.14. The monoisotopic (exact) mass is 1470 g/mol. The van der Waals surface area contributed by atoms with Gasteiger partial charge in [-0.3, -0.25) is 19.9 Å². The maximum atomic E-state index is 14.5. The Hall–Kier alpha value is -15.3. The van der Waals surface area contributed by atoms with E-state index in [-0.39, 0.29) is 28.7 Å². The Morgan fingerprint density at radius 2 is 0.723 bits per heavy atom. The van der Waals surface area contributed by atoms with Gasteiger partial charge < -0.3 is 10.5 Å². The molecule has 14 aromatic heterocycles. The number of pyridine rings is 13. The highest BCUT2D eigenvalue weighted by atomic mass is 19.1. The van der Waals surface area contributed by atoms with E-state index in [4.69, 9.17) is 10.5 Å². The van der Waals surface area contributed by atoms with Crippen LogP contribution in [0.25, 0.3) is 177 Å². The molecule has 0 saturated heterocycles. The van der Waals surface area contributed by atoms with E-state index in [1.807, 2.05) is 121 Å². The molecule has 6 aromatic carbocycles. The summed E-state index contributed by atoms with van der Waals surface area (Å²) in [7, 11) is 1.64. The lowest BCUT2D eigenvalue weighted by molar-refractivity contribution is 0.420. The van der Waals surface area contributed by atoms with Gasteiger partial charge in [0.2, 0.25) is 0 Å². The van der Waals surface area contributed by atoms with Crippen molar-refractivity contribution in [1.29, 1.82) is 0 Å². The molecule has 536 valence electrons. The molecule has 2 N–H and O–H groups in total. The number of nitrogens with zero attached hydrogens (tertiary/aromatic N) is 15. The number of nitrogen functional groups attached to an aromatic ring is 1. The van der Waals surface area contributed by atoms with Gasteiger partial charge in [0.05, 0.1) is 53.0 Å². The van der Waals surface area contributed by atoms with Crippen LogP contribution in [0.2, 0.25) is 0 Å². The zero-order valence-corrected chi connectivity index (χ0v) is 59.0. The van der Waals surface area contributed by atoms with E-state index < -0.39 is 11.6 Å². The number of benzene rings is 6. The van der Waals surface area contributed by atoms with Crippen molar-refractivity contribution in [1.82, 2.24) is 74.8 Å². The van der Waals surface area contributed by atoms with Crippen LogP contribution in [-0.4, -0.2) is 81.9 Å². The number of nitrogens with two attached hydrogens (primary N) is 1. The molecule has 0 bridgehead atoms. The molecule has 0 unspecified atom stereocenters. The van der Waals surface area contributed by atoms with E-state index >= 15 is 0 Å². The summed E-state index contributed by atoms with van der Waals surface area (Å²) in [5.74, 6) is -0.921. The molecule has 0 aliphatic heterocycles. The van der Waals surface area contributed by atoms with Crippen molar-refractivity contribution in [3.05, 3.63) is 334 Å². The zero-order chi connectivity index (χ0) is 76.2. The van der Waals surface area contributed by atoms with E-state index in [2.05, 4.69) is 80.8 Å². The van der Waals surface area contributed by atoms with Crippen LogP contribution in [0.5, 0.6) is 5.75 Å². The number of methoxy groups -OCH3 is 1. The summed E-state index contributed by atoms with van der Waals surface area (Å²) in [4.78, 5) is 65.8. The van der Waals surface area contributed by atoms with Crippen LogP contribution < -0.4 is 10.5 Å². The summed E-state index contributed by atoms with van der Waals surface area (Å²) < 4.78 is 76.9. The highest BCUT2D eigenvalue weighted by Gasteiger charge is 2.22. The normalized spacial score (nSPS) is 11.2. The Morgan fingerprint density at radius 1 is 0.277 bits per heavy atom. The third-order valence-corrected chi connectivity index (χ3v) is 18.9. The first-order valence-corrected chi connectivity index (χ1v) is 35.0. The molecule has 17 nitrogen and oxygen atoms in total. The van der Waals surface area contributed by atoms with E-state index in [0.29, 0.717) is 73.4 Å². The molecule has 22 heteroatoms. The smallest absolute Gasteiger partial charge is 0.160 e. The molecule has 14 heterocycles. The van der Waals surface area contributed by atoms with E-state index in [0.717, 1.165) is 122 Å². The minimum Gasteiger partial charge on any atom is -0.496 e. The van der Waals surface area contributed by atoms with Crippen LogP contribution in [0, 0.1) is 29.1 Å². The lowest BCUT2D eigenvalue weighted by Crippen LogP contribution is -1.97. The molecule has 0 amide bonds. The number of fused-ring (bicyclic) bond motifs is 8. The predicted octanol–water partition coefficient (Wildman–Crippen LogP) is 20.5. The second-order valence-corrected chi connectivity index (χ2v) is 25.5. The van der Waals surface area contributed by atoms with Gasteiger partial charge in [0, 0.05) is 150 Å². The number of aromatic nitrogens is 15. The molecule has 112 heavy (non-hydrogen) atoms. The average molecular weight is 1470 g/mol. The minimum absolute atomic E-state index is 0.0558. The maximum Gasteiger partial charge on any atom is 0.160 e. The van der Waals surface area contributed by atoms with Crippen molar-refractivity contribution >= 4 is 93.2 Å². The van der Waals surface area contributed by atoms with Crippen LogP contribution in [0.1, 0.15) is 0 Å². The number of rotatable bonds is 9. The molecule has 0 aliphatic carbocycles. The van der Waals surface area contributed by atoms with Crippen LogP contribution in [0.3, 0.4) is 0 Å². The van der Waals surface area contributed by atoms with E-state index in [1.165, 1.54) is 24.5 Å². The Labute approximate surface area is 633 Å². The quantitative estimate of drug-likeness (QED) is 0.132. The van der Waals surface area contributed by atoms with Crippen LogP contribution >= 0.6 is 0 Å². The Morgan fingerprint density at radius 3 is 1.29 bits per heavy atom. The van der Waals surface area contributed by atoms with Gasteiger partial charge in [0.1, 0.15) is 47.0 Å². The molecular weight excluding hydrogens is 1420 g/mol. The number of ether oxygens (including phenoxy) is 1. The highest BCUT2D eigenvalue weighted by molar-refractivity contribution is 6.09. The Kier molecular flexibility index (Phi) is 19.0. The second kappa shape index (κ2) is 30.5. The second-order valence-electron chi connectivity index (χ2n) is 25.5. The number of halogens is 5. The SMILES string of the molecule is COc1ccc(-c2cc(-c3ccccc3F)nc3ncccc23)c2ccncc12.Fc1ccccc1-c1cc(-c2cccc3cnccc23)c2cccnc2n1.Fc1ccccc1-c1cc(-c2ncnc3cnccc23)c2cccnc2n1.Nc1nccc2c(-c3cc(-c4cc(F)ccc4F)nc4ncccc34)nccc12. The van der Waals surface area contributed by atoms with Gasteiger partial charge in [-0.25, -0.2) is 76.8 Å². The lowest BCUT2D eigenvalue weighted by atomic mass is 9.95. The molecule has 20 rings (SSSR count). The van der Waals surface area contributed by atoms with Gasteiger partial charge in [0.25, 0.3) is 0 Å². The molecule has 0 radical (unpaired) electrons. The summed E-state index contributed by atoms with van der Waals surface area (Å²) in [5.41, 5.74) is 19.0. The summed E-state index contributed by atoms with van der Waals surface area (Å²) in [6.07, 6.45) is 22.0. The summed E-state index contributed by atoms with van der Waals surface area (Å²) in [6, 6.07) is 65.2. The Balaban J connectivity index is 0.000000108. The van der Waals surface area contributed by atoms with Crippen molar-refractivity contribution < 1.29 is 26.7 Å². The predicted molar refractivity (Wildman–Crippen MR) is 427 cm³/mol. The third kappa shape index (κ3) is 13.7. The zero-order valence-electron chi connectivity index (χ0n) is 59.0. The number of anilines is 1. The standard InChI is InChI=1S/C24H16FN3O.C23H14FN3.C22H13F2N5.C21H12FN5/c1-29-23-9-8-15(16-10-12-26-14-20(16)23)19-13-22(18-5-2-3-7-21(18)25)28-24-17(19)6-4-11-27-24;24-21-9-2-1-6-19(21)22-13-20(18-8-4-11-26-23(18)27-22)17-7-3-5-15-14-25-12-10-16(15)17;23-12-3-4-18(24)17(10-12)19-11-16(15-2-1-7-28-22(15)29-19)20-13-5-9-27-21(25)14(13)6-8-26-20;22-17-6-2-1-4-14(17)18-10-16(13-5-3-8-24-21(13)27-18)20-15-7-9-23-11-19(15)25-12-26-20/h2-14H,1H3;1-14H;1-11H,(H2,25,27);1-12H. The molecule has 0 saturated carbocycles. The van der Waals surface area contributed by atoms with Crippen molar-refractivity contribution in [2.45, 2.75) is 0 Å². The van der Waals surface area contributed by atoms with Crippen molar-refractivity contribution in [3.8, 4) is 95.5 Å². The maximum absolute atomic E-state index is 14.5. The number of hydrogen-bond acceptors (Lipinski definition) is 17. The first kappa shape index (κ1) is 69.7. The van der Waals surface area contributed by atoms with Gasteiger partial charge in [-0.2, -0.15) is 0 Å². The topological polar surface area (TPSA) is 229 Å². The largest absolute Gasteiger partial charge is 0.496 e. The summed E-state index contributed by atoms with van der Waals surface area (Å²) in [5, 5.41) is 9.87. The van der Waals surface area contributed by atoms with E-state index in [9.17, 15) is 22.0 Å². The highest BCUT2D eigenvalue weighted by Crippen LogP contribution is 2.42. The van der Waals surface area contributed by atoms with Gasteiger partial charge in [-0.15, -0.1) is 0 Å². The molecule has 0 atom stereocenters. The van der Waals surface area contributed by atoms with Gasteiger partial charge in [-0.05, 0) is 197 Å². The fourth-order valence-electron chi connectivity index (χ4n) is 13.7. The van der Waals surface area contributed by atoms with Crippen molar-refractivity contribution in [2.24, 2.45) is 0 Å². The van der Waals surface area contributed by atoms with Crippen LogP contribution in [-0.2, 0) is 0 Å². The first-order valence-electron chi connectivity index (χ1n) is 35.0. The first-order chi connectivity index (χ1) is 55.0. The van der Waals surface area contributed by atoms with Gasteiger partial charge in [-0.1, -0.05) is 60.7 Å². The van der Waals surface area contributed by atoms with E-state index in [1.54, 1.807) is 142 Å².